The van der Waals surface area contributed by atoms with Crippen molar-refractivity contribution in [2.24, 2.45) is 16.6 Å². The van der Waals surface area contributed by atoms with E-state index in [1.165, 1.54) is 6.42 Å². The third-order valence-corrected chi connectivity index (χ3v) is 5.15. The summed E-state index contributed by atoms with van der Waals surface area (Å²) in [5.41, 5.74) is 7.16. The Bertz CT molecular complexity index is 590. The highest BCUT2D eigenvalue weighted by Crippen LogP contribution is 2.17. The normalized spacial score (nSPS) is 18.5. The van der Waals surface area contributed by atoms with Crippen molar-refractivity contribution in [2.75, 3.05) is 26.7 Å². The van der Waals surface area contributed by atoms with Crippen LogP contribution in [0.2, 0.25) is 0 Å². The molecule has 24 heavy (non-hydrogen) atoms. The first-order chi connectivity index (χ1) is 11.5. The minimum absolute atomic E-state index is 0.0781. The fourth-order valence-electron chi connectivity index (χ4n) is 2.92. The summed E-state index contributed by atoms with van der Waals surface area (Å²) >= 11 is 3.51. The van der Waals surface area contributed by atoms with Gasteiger partial charge < -0.3 is 15.5 Å². The molecule has 1 aliphatic heterocycles. The van der Waals surface area contributed by atoms with Crippen LogP contribution >= 0.6 is 15.9 Å². The van der Waals surface area contributed by atoms with Crippen molar-refractivity contribution >= 4 is 27.8 Å². The zero-order valence-electron chi connectivity index (χ0n) is 14.5. The minimum atomic E-state index is 0.0781. The molecule has 1 heterocycles. The van der Waals surface area contributed by atoms with Crippen molar-refractivity contribution < 1.29 is 4.79 Å². The molecule has 0 spiro atoms. The molecule has 2 N–H and O–H groups in total. The van der Waals surface area contributed by atoms with Crippen molar-refractivity contribution in [1.29, 1.82) is 0 Å². The second kappa shape index (κ2) is 9.06. The molecule has 2 rings (SSSR count). The summed E-state index contributed by atoms with van der Waals surface area (Å²) in [5.74, 6) is 1.31. The van der Waals surface area contributed by atoms with Gasteiger partial charge in [0.1, 0.15) is 0 Å². The average molecular weight is 395 g/mol. The molecule has 0 bridgehead atoms. The van der Waals surface area contributed by atoms with Crippen LogP contribution in [0.4, 0.5) is 0 Å². The maximum atomic E-state index is 12.3. The number of guanidine groups is 1. The van der Waals surface area contributed by atoms with Gasteiger partial charge in [-0.1, -0.05) is 41.1 Å². The van der Waals surface area contributed by atoms with Crippen molar-refractivity contribution in [1.82, 2.24) is 9.80 Å². The summed E-state index contributed by atoms with van der Waals surface area (Å²) in [6.45, 7) is 5.19. The van der Waals surface area contributed by atoms with Gasteiger partial charge in [-0.05, 0) is 30.4 Å². The van der Waals surface area contributed by atoms with Gasteiger partial charge in [-0.3, -0.25) is 9.79 Å². The third kappa shape index (κ3) is 5.51. The number of carbonyl (C=O) groups excluding carboxylic acids is 1. The summed E-state index contributed by atoms with van der Waals surface area (Å²) in [7, 11) is 1.82. The molecule has 1 amide bonds. The van der Waals surface area contributed by atoms with E-state index in [0.717, 1.165) is 29.5 Å². The Balaban J connectivity index is 1.79. The molecule has 1 aromatic carbocycles. The summed E-state index contributed by atoms with van der Waals surface area (Å²) in [6.07, 6.45) is 2.79. The van der Waals surface area contributed by atoms with Crippen LogP contribution in [0, 0.1) is 5.92 Å². The van der Waals surface area contributed by atoms with E-state index in [1.54, 1.807) is 4.90 Å². The van der Waals surface area contributed by atoms with Crippen molar-refractivity contribution in [3.05, 3.63) is 34.3 Å². The number of nitrogens with two attached hydrogens (primary N) is 1. The quantitative estimate of drug-likeness (QED) is 0.616. The van der Waals surface area contributed by atoms with Gasteiger partial charge in [-0.15, -0.1) is 0 Å². The number of rotatable bonds is 5. The highest BCUT2D eigenvalue weighted by atomic mass is 79.9. The Labute approximate surface area is 153 Å². The molecular weight excluding hydrogens is 368 g/mol. The van der Waals surface area contributed by atoms with E-state index in [0.29, 0.717) is 31.4 Å². The lowest BCUT2D eigenvalue weighted by Crippen LogP contribution is -2.43. The Morgan fingerprint density at radius 2 is 2.21 bits per heavy atom. The number of nitrogens with zero attached hydrogens (tertiary/aromatic N) is 3. The van der Waals surface area contributed by atoms with Gasteiger partial charge in [-0.25, -0.2) is 0 Å². The second-order valence-corrected chi connectivity index (χ2v) is 7.38. The highest BCUT2D eigenvalue weighted by molar-refractivity contribution is 9.10. The first-order valence-electron chi connectivity index (χ1n) is 8.49. The average Bonchev–Trinajstić information content (AvgIpc) is 2.56. The van der Waals surface area contributed by atoms with Crippen LogP contribution in [0.15, 0.2) is 33.7 Å². The Morgan fingerprint density at radius 1 is 1.46 bits per heavy atom. The summed E-state index contributed by atoms with van der Waals surface area (Å²) in [5, 5.41) is 0. The first-order valence-corrected chi connectivity index (χ1v) is 9.29. The van der Waals surface area contributed by atoms with Gasteiger partial charge in [-0.2, -0.15) is 0 Å². The van der Waals surface area contributed by atoms with Gasteiger partial charge >= 0.3 is 0 Å². The molecule has 0 aliphatic carbocycles. The van der Waals surface area contributed by atoms with Gasteiger partial charge in [0.05, 0.1) is 6.54 Å². The summed E-state index contributed by atoms with van der Waals surface area (Å²) < 4.78 is 1.02. The van der Waals surface area contributed by atoms with Gasteiger partial charge in [0.25, 0.3) is 0 Å². The molecule has 132 valence electrons. The fraction of sp³-hybridized carbons (Fsp3) is 0.556. The molecule has 0 saturated carbocycles. The Kier molecular flexibility index (Phi) is 7.09. The van der Waals surface area contributed by atoms with Gasteiger partial charge in [0, 0.05) is 37.6 Å². The predicted octanol–water partition coefficient (Wildman–Crippen LogP) is 2.84. The van der Waals surface area contributed by atoms with Crippen LogP contribution < -0.4 is 5.73 Å². The van der Waals surface area contributed by atoms with Crippen molar-refractivity contribution in [3.8, 4) is 0 Å². The zero-order valence-corrected chi connectivity index (χ0v) is 16.1. The number of aliphatic imine (C=N–C) groups is 1. The molecular formula is C18H27BrN4O. The SMILES string of the molecule is CC1CCCN(C(N)=NCCC(=O)N(C)Cc2ccccc2Br)C1. The molecule has 1 aromatic rings. The number of halogens is 1. The first kappa shape index (κ1) is 18.8. The van der Waals surface area contributed by atoms with E-state index in [2.05, 4.69) is 32.7 Å². The second-order valence-electron chi connectivity index (χ2n) is 6.52. The lowest BCUT2D eigenvalue weighted by molar-refractivity contribution is -0.130. The highest BCUT2D eigenvalue weighted by Gasteiger charge is 2.17. The largest absolute Gasteiger partial charge is 0.370 e. The molecule has 0 aromatic heterocycles. The minimum Gasteiger partial charge on any atom is -0.370 e. The molecule has 5 nitrogen and oxygen atoms in total. The summed E-state index contributed by atoms with van der Waals surface area (Å²) in [4.78, 5) is 20.5. The van der Waals surface area contributed by atoms with Crippen LogP contribution in [0.1, 0.15) is 31.7 Å². The lowest BCUT2D eigenvalue weighted by Gasteiger charge is -2.31. The van der Waals surface area contributed by atoms with E-state index < -0.39 is 0 Å². The van der Waals surface area contributed by atoms with E-state index in [4.69, 9.17) is 5.73 Å². The predicted molar refractivity (Wildman–Crippen MR) is 102 cm³/mol. The smallest absolute Gasteiger partial charge is 0.224 e. The Hall–Kier alpha value is -1.56. The van der Waals surface area contributed by atoms with E-state index in [9.17, 15) is 4.79 Å². The number of amides is 1. The number of carbonyl (C=O) groups is 1. The standard InChI is InChI=1S/C18H27BrN4O/c1-14-6-5-11-23(12-14)18(20)21-10-9-17(24)22(2)13-15-7-3-4-8-16(15)19/h3-4,7-8,14H,5-6,9-13H2,1-2H3,(H2,20,21). The van der Waals surface area contributed by atoms with Gasteiger partial charge in [0.15, 0.2) is 5.96 Å². The molecule has 0 radical (unpaired) electrons. The third-order valence-electron chi connectivity index (χ3n) is 4.37. The molecule has 1 saturated heterocycles. The fourth-order valence-corrected chi connectivity index (χ4v) is 3.33. The Morgan fingerprint density at radius 3 is 2.92 bits per heavy atom. The maximum absolute atomic E-state index is 12.3. The number of benzene rings is 1. The number of hydrogen-bond donors (Lipinski definition) is 1. The number of hydrogen-bond acceptors (Lipinski definition) is 2. The van der Waals surface area contributed by atoms with E-state index in [-0.39, 0.29) is 5.91 Å². The summed E-state index contributed by atoms with van der Waals surface area (Å²) in [6, 6.07) is 7.94. The lowest BCUT2D eigenvalue weighted by atomic mass is 10.0. The molecule has 6 heteroatoms. The molecule has 1 fully saturated rings. The molecule has 1 aliphatic rings. The monoisotopic (exact) mass is 394 g/mol. The van der Waals surface area contributed by atoms with Crippen LogP contribution in [0.5, 0.6) is 0 Å². The van der Waals surface area contributed by atoms with Gasteiger partial charge in [0.2, 0.25) is 5.91 Å². The number of likely N-dealkylation sites (tertiary alicyclic amines) is 1. The number of piperidine rings is 1. The van der Waals surface area contributed by atoms with Crippen molar-refractivity contribution in [2.45, 2.75) is 32.7 Å². The topological polar surface area (TPSA) is 61.9 Å². The zero-order chi connectivity index (χ0) is 17.5. The molecule has 1 atom stereocenters. The van der Waals surface area contributed by atoms with E-state index >= 15 is 0 Å². The maximum Gasteiger partial charge on any atom is 0.224 e. The van der Waals surface area contributed by atoms with Crippen LogP contribution in [-0.2, 0) is 11.3 Å². The van der Waals surface area contributed by atoms with Crippen LogP contribution in [0.25, 0.3) is 0 Å². The van der Waals surface area contributed by atoms with Crippen LogP contribution in [-0.4, -0.2) is 48.3 Å². The van der Waals surface area contributed by atoms with Crippen molar-refractivity contribution in [3.63, 3.8) is 0 Å². The van der Waals surface area contributed by atoms with E-state index in [1.807, 2.05) is 31.3 Å². The molecule has 1 unspecified atom stereocenters. The van der Waals surface area contributed by atoms with Crippen LogP contribution in [0.3, 0.4) is 0 Å².